The van der Waals surface area contributed by atoms with Gasteiger partial charge in [0.1, 0.15) is 0 Å². The highest BCUT2D eigenvalue weighted by atomic mass is 15.1. The fourth-order valence-corrected chi connectivity index (χ4v) is 3.37. The average molecular weight is 326 g/mol. The van der Waals surface area contributed by atoms with Crippen LogP contribution in [0.2, 0.25) is 0 Å². The Morgan fingerprint density at radius 1 is 0.522 bits per heavy atom. The Morgan fingerprint density at radius 3 is 1.22 bits per heavy atom. The first-order valence-corrected chi connectivity index (χ1v) is 10.9. The molecule has 0 aliphatic carbocycles. The van der Waals surface area contributed by atoms with Crippen molar-refractivity contribution < 1.29 is 0 Å². The number of nitrogens with zero attached hydrogens (tertiary/aromatic N) is 1. The fraction of sp³-hybridized carbons (Fsp3) is 1.00. The predicted octanol–water partition coefficient (Wildman–Crippen LogP) is 7.45. The molecule has 23 heavy (non-hydrogen) atoms. The highest BCUT2D eigenvalue weighted by molar-refractivity contribution is 4.54. The summed E-state index contributed by atoms with van der Waals surface area (Å²) in [5, 5.41) is 0. The van der Waals surface area contributed by atoms with E-state index in [1.165, 1.54) is 110 Å². The molecule has 0 aromatic rings. The van der Waals surface area contributed by atoms with Crippen LogP contribution < -0.4 is 0 Å². The van der Waals surface area contributed by atoms with E-state index in [4.69, 9.17) is 0 Å². The second-order valence-corrected chi connectivity index (χ2v) is 7.81. The minimum atomic E-state index is 0.896. The topological polar surface area (TPSA) is 3.24 Å². The lowest BCUT2D eigenvalue weighted by atomic mass is 10.0. The summed E-state index contributed by atoms with van der Waals surface area (Å²) in [5.41, 5.74) is 0. The SMILES string of the molecule is CCN(CC)CCCCCCCCCCCCCCCC(C)C. The van der Waals surface area contributed by atoms with Crippen molar-refractivity contribution in [2.45, 2.75) is 118 Å². The van der Waals surface area contributed by atoms with E-state index >= 15 is 0 Å². The van der Waals surface area contributed by atoms with Gasteiger partial charge < -0.3 is 4.90 Å². The fourth-order valence-electron chi connectivity index (χ4n) is 3.37. The van der Waals surface area contributed by atoms with Gasteiger partial charge in [-0.1, -0.05) is 111 Å². The van der Waals surface area contributed by atoms with Crippen LogP contribution in [0.1, 0.15) is 118 Å². The lowest BCUT2D eigenvalue weighted by Gasteiger charge is -2.17. The molecule has 1 nitrogen and oxygen atoms in total. The van der Waals surface area contributed by atoms with Gasteiger partial charge in [0.05, 0.1) is 0 Å². The minimum Gasteiger partial charge on any atom is -0.304 e. The van der Waals surface area contributed by atoms with Crippen LogP contribution >= 0.6 is 0 Å². The summed E-state index contributed by atoms with van der Waals surface area (Å²) in [5.74, 6) is 0.896. The van der Waals surface area contributed by atoms with Crippen LogP contribution in [0.4, 0.5) is 0 Å². The van der Waals surface area contributed by atoms with Gasteiger partial charge in [0, 0.05) is 0 Å². The quantitative estimate of drug-likeness (QED) is 0.237. The first-order valence-electron chi connectivity index (χ1n) is 10.9. The molecule has 0 aromatic carbocycles. The third kappa shape index (κ3) is 18.1. The van der Waals surface area contributed by atoms with E-state index in [1.807, 2.05) is 0 Å². The number of unbranched alkanes of at least 4 members (excludes halogenated alkanes) is 12. The monoisotopic (exact) mass is 325 g/mol. The lowest BCUT2D eigenvalue weighted by Crippen LogP contribution is -2.23. The van der Waals surface area contributed by atoms with E-state index < -0.39 is 0 Å². The average Bonchev–Trinajstić information content (AvgIpc) is 2.54. The Hall–Kier alpha value is -0.0400. The predicted molar refractivity (Wildman–Crippen MR) is 107 cm³/mol. The van der Waals surface area contributed by atoms with Gasteiger partial charge in [0.25, 0.3) is 0 Å². The minimum absolute atomic E-state index is 0.896. The van der Waals surface area contributed by atoms with E-state index in [0.29, 0.717) is 0 Å². The first-order chi connectivity index (χ1) is 11.2. The summed E-state index contributed by atoms with van der Waals surface area (Å²) < 4.78 is 0. The van der Waals surface area contributed by atoms with Crippen molar-refractivity contribution in [1.29, 1.82) is 0 Å². The summed E-state index contributed by atoms with van der Waals surface area (Å²) >= 11 is 0. The van der Waals surface area contributed by atoms with Gasteiger partial charge in [0.15, 0.2) is 0 Å². The second-order valence-electron chi connectivity index (χ2n) is 7.81. The van der Waals surface area contributed by atoms with Crippen molar-refractivity contribution in [2.75, 3.05) is 19.6 Å². The Morgan fingerprint density at radius 2 is 0.870 bits per heavy atom. The largest absolute Gasteiger partial charge is 0.304 e. The van der Waals surface area contributed by atoms with Gasteiger partial charge in [-0.25, -0.2) is 0 Å². The molecule has 0 fully saturated rings. The van der Waals surface area contributed by atoms with Crippen molar-refractivity contribution in [3.63, 3.8) is 0 Å². The van der Waals surface area contributed by atoms with E-state index in [-0.39, 0.29) is 0 Å². The van der Waals surface area contributed by atoms with Crippen LogP contribution in [0.5, 0.6) is 0 Å². The van der Waals surface area contributed by atoms with Crippen LogP contribution in [-0.2, 0) is 0 Å². The summed E-state index contributed by atoms with van der Waals surface area (Å²) in [4.78, 5) is 2.54. The summed E-state index contributed by atoms with van der Waals surface area (Å²) in [6, 6.07) is 0. The molecule has 0 saturated carbocycles. The molecular formula is C22H47N. The zero-order chi connectivity index (χ0) is 17.2. The summed E-state index contributed by atoms with van der Waals surface area (Å²) in [6.45, 7) is 13.0. The molecule has 0 aliphatic heterocycles. The maximum Gasteiger partial charge on any atom is -0.00190 e. The van der Waals surface area contributed by atoms with E-state index in [9.17, 15) is 0 Å². The summed E-state index contributed by atoms with van der Waals surface area (Å²) in [6.07, 6.45) is 20.4. The van der Waals surface area contributed by atoms with Gasteiger partial charge in [-0.2, -0.15) is 0 Å². The smallest absolute Gasteiger partial charge is 0.00190 e. The Balaban J connectivity index is 3.05. The van der Waals surface area contributed by atoms with Crippen LogP contribution in [0.3, 0.4) is 0 Å². The van der Waals surface area contributed by atoms with E-state index in [1.54, 1.807) is 0 Å². The summed E-state index contributed by atoms with van der Waals surface area (Å²) in [7, 11) is 0. The lowest BCUT2D eigenvalue weighted by molar-refractivity contribution is 0.295. The molecule has 0 amide bonds. The highest BCUT2D eigenvalue weighted by Gasteiger charge is 1.98. The van der Waals surface area contributed by atoms with E-state index in [0.717, 1.165) is 5.92 Å². The third-order valence-electron chi connectivity index (χ3n) is 5.15. The van der Waals surface area contributed by atoms with Gasteiger partial charge in [-0.15, -0.1) is 0 Å². The van der Waals surface area contributed by atoms with Gasteiger partial charge in [0.2, 0.25) is 0 Å². The molecule has 0 aliphatic rings. The van der Waals surface area contributed by atoms with Gasteiger partial charge in [-0.3, -0.25) is 0 Å². The maximum atomic E-state index is 2.54. The number of hydrogen-bond donors (Lipinski definition) is 0. The molecule has 0 aromatic heterocycles. The molecule has 140 valence electrons. The normalized spacial score (nSPS) is 11.7. The Labute approximate surface area is 148 Å². The van der Waals surface area contributed by atoms with Crippen molar-refractivity contribution in [1.82, 2.24) is 4.90 Å². The molecule has 0 N–H and O–H groups in total. The molecule has 1 heteroatoms. The molecule has 0 radical (unpaired) electrons. The molecular weight excluding hydrogens is 278 g/mol. The van der Waals surface area contributed by atoms with Crippen LogP contribution in [0, 0.1) is 5.92 Å². The van der Waals surface area contributed by atoms with Crippen molar-refractivity contribution in [2.24, 2.45) is 5.92 Å². The molecule has 0 rings (SSSR count). The molecule has 0 atom stereocenters. The molecule has 0 heterocycles. The molecule has 0 saturated heterocycles. The zero-order valence-electron chi connectivity index (χ0n) is 17.0. The first kappa shape index (κ1) is 23.0. The van der Waals surface area contributed by atoms with E-state index in [2.05, 4.69) is 32.6 Å². The number of hydrogen-bond acceptors (Lipinski definition) is 1. The van der Waals surface area contributed by atoms with Crippen LogP contribution in [-0.4, -0.2) is 24.5 Å². The standard InChI is InChI=1S/C22H47N/c1-5-23(6-2)21-19-17-15-13-11-9-7-8-10-12-14-16-18-20-22(3)4/h22H,5-21H2,1-4H3. The van der Waals surface area contributed by atoms with Crippen LogP contribution in [0.25, 0.3) is 0 Å². The van der Waals surface area contributed by atoms with Crippen molar-refractivity contribution in [3.05, 3.63) is 0 Å². The maximum absolute atomic E-state index is 2.54. The Bertz CT molecular complexity index is 208. The number of rotatable bonds is 18. The van der Waals surface area contributed by atoms with Crippen molar-refractivity contribution >= 4 is 0 Å². The molecule has 0 bridgehead atoms. The third-order valence-corrected chi connectivity index (χ3v) is 5.15. The van der Waals surface area contributed by atoms with Crippen LogP contribution in [0.15, 0.2) is 0 Å². The van der Waals surface area contributed by atoms with Gasteiger partial charge >= 0.3 is 0 Å². The van der Waals surface area contributed by atoms with Crippen molar-refractivity contribution in [3.8, 4) is 0 Å². The molecule has 0 spiro atoms. The molecule has 0 unspecified atom stereocenters. The zero-order valence-corrected chi connectivity index (χ0v) is 17.0. The van der Waals surface area contributed by atoms with Gasteiger partial charge in [-0.05, 0) is 32.0 Å². The Kier molecular flexibility index (Phi) is 18.3. The second kappa shape index (κ2) is 18.3. The highest BCUT2D eigenvalue weighted by Crippen LogP contribution is 2.14.